The quantitative estimate of drug-likeness (QED) is 0.398. The lowest BCUT2D eigenvalue weighted by molar-refractivity contribution is 0.0991. The van der Waals surface area contributed by atoms with Gasteiger partial charge in [-0.15, -0.1) is 0 Å². The normalized spacial score (nSPS) is 10.8. The van der Waals surface area contributed by atoms with E-state index in [4.69, 9.17) is 32.4 Å². The average molecular weight is 434 g/mol. The van der Waals surface area contributed by atoms with Crippen molar-refractivity contribution in [2.24, 2.45) is 0 Å². The van der Waals surface area contributed by atoms with E-state index in [1.165, 1.54) is 24.3 Å². The fourth-order valence-electron chi connectivity index (χ4n) is 2.18. The van der Waals surface area contributed by atoms with E-state index in [2.05, 4.69) is 0 Å². The van der Waals surface area contributed by atoms with Crippen molar-refractivity contribution < 1.29 is 31.5 Å². The minimum atomic E-state index is -1.74. The number of anilines is 1. The zero-order chi connectivity index (χ0) is 20.4. The molecule has 0 aliphatic rings. The molecule has 0 radical (unpaired) electrons. The summed E-state index contributed by atoms with van der Waals surface area (Å²) in [4.78, 5) is 12.1. The molecule has 3 aromatic rings. The van der Waals surface area contributed by atoms with Crippen molar-refractivity contribution in [3.8, 4) is 5.75 Å². The van der Waals surface area contributed by atoms with Crippen LogP contribution in [0.3, 0.4) is 0 Å². The van der Waals surface area contributed by atoms with Crippen LogP contribution in [0.25, 0.3) is 0 Å². The number of furan rings is 1. The molecule has 3 rings (SSSR count). The molecule has 0 fully saturated rings. The summed E-state index contributed by atoms with van der Waals surface area (Å²) in [6.45, 7) is -0.119. The van der Waals surface area contributed by atoms with Gasteiger partial charge >= 0.3 is 0 Å². The molecule has 0 unspecified atom stereocenters. The highest BCUT2D eigenvalue weighted by atomic mass is 35.5. The molecule has 0 aliphatic heterocycles. The van der Waals surface area contributed by atoms with E-state index in [1.54, 1.807) is 11.4 Å². The number of rotatable bonds is 5. The van der Waals surface area contributed by atoms with E-state index in [9.17, 15) is 22.4 Å². The summed E-state index contributed by atoms with van der Waals surface area (Å²) in [5.41, 5.74) is -1.26. The van der Waals surface area contributed by atoms with Gasteiger partial charge in [0, 0.05) is 11.1 Å². The van der Waals surface area contributed by atoms with Crippen LogP contribution in [0, 0.1) is 23.3 Å². The minimum absolute atomic E-state index is 0.0323. The topological polar surface area (TPSA) is 51.5 Å². The molecule has 10 heteroatoms. The van der Waals surface area contributed by atoms with Crippen LogP contribution in [-0.2, 0) is 6.61 Å². The van der Waals surface area contributed by atoms with Crippen LogP contribution >= 0.6 is 23.2 Å². The fraction of sp³-hybridized carbons (Fsp3) is 0.0556. The lowest BCUT2D eigenvalue weighted by Gasteiger charge is -2.08. The molecule has 146 valence electrons. The van der Waals surface area contributed by atoms with Crippen LogP contribution in [-0.4, -0.2) is 5.91 Å². The molecular formula is C18H9Cl2F4NO3. The number of amides is 1. The first-order valence-corrected chi connectivity index (χ1v) is 8.32. The van der Waals surface area contributed by atoms with Gasteiger partial charge in [0.15, 0.2) is 29.0 Å². The molecule has 0 aliphatic carbocycles. The Morgan fingerprint density at radius 2 is 1.68 bits per heavy atom. The number of benzene rings is 2. The molecule has 1 aromatic heterocycles. The minimum Gasteiger partial charge on any atom is -0.484 e. The van der Waals surface area contributed by atoms with Crippen molar-refractivity contribution in [1.82, 2.24) is 0 Å². The van der Waals surface area contributed by atoms with Gasteiger partial charge in [0.2, 0.25) is 0 Å². The molecule has 1 amide bonds. The Morgan fingerprint density at radius 1 is 1.00 bits per heavy atom. The summed E-state index contributed by atoms with van der Waals surface area (Å²) in [5, 5.41) is 2.42. The Bertz CT molecular complexity index is 1030. The number of nitrogens with one attached hydrogen (secondary N) is 1. The number of ether oxygens (including phenoxy) is 1. The molecular weight excluding hydrogens is 425 g/mol. The zero-order valence-corrected chi connectivity index (χ0v) is 15.2. The molecule has 28 heavy (non-hydrogen) atoms. The van der Waals surface area contributed by atoms with Crippen molar-refractivity contribution in [3.05, 3.63) is 81.2 Å². The second-order valence-corrected chi connectivity index (χ2v) is 6.27. The Morgan fingerprint density at radius 3 is 2.32 bits per heavy atom. The molecule has 0 saturated heterocycles. The smallest absolute Gasteiger partial charge is 0.291 e. The molecule has 1 N–H and O–H groups in total. The lowest BCUT2D eigenvalue weighted by atomic mass is 10.2. The zero-order valence-electron chi connectivity index (χ0n) is 13.7. The van der Waals surface area contributed by atoms with Gasteiger partial charge in [0.1, 0.15) is 23.8 Å². The second-order valence-electron chi connectivity index (χ2n) is 5.43. The SMILES string of the molecule is O=C(Nc1c(F)c(F)cc(F)c1F)c1ccc(COc2ccc(Cl)cc2Cl)o1. The maximum absolute atomic E-state index is 13.6. The van der Waals surface area contributed by atoms with Gasteiger partial charge in [-0.2, -0.15) is 0 Å². The summed E-state index contributed by atoms with van der Waals surface area (Å²) in [5.74, 6) is -7.75. The van der Waals surface area contributed by atoms with Gasteiger partial charge in [-0.25, -0.2) is 17.6 Å². The molecule has 0 atom stereocenters. The van der Waals surface area contributed by atoms with Crippen LogP contribution in [0.15, 0.2) is 40.8 Å². The predicted molar refractivity (Wildman–Crippen MR) is 93.7 cm³/mol. The molecule has 0 saturated carbocycles. The Labute approximate surface area is 165 Å². The monoisotopic (exact) mass is 433 g/mol. The summed E-state index contributed by atoms with van der Waals surface area (Å²) in [6, 6.07) is 7.17. The third kappa shape index (κ3) is 4.23. The number of hydrogen-bond donors (Lipinski definition) is 1. The van der Waals surface area contributed by atoms with Crippen molar-refractivity contribution >= 4 is 34.8 Å². The first-order chi connectivity index (χ1) is 13.3. The lowest BCUT2D eigenvalue weighted by Crippen LogP contribution is -2.15. The largest absolute Gasteiger partial charge is 0.484 e. The van der Waals surface area contributed by atoms with Gasteiger partial charge in [0.25, 0.3) is 5.91 Å². The molecule has 2 aromatic carbocycles. The summed E-state index contributed by atoms with van der Waals surface area (Å²) < 4.78 is 64.3. The van der Waals surface area contributed by atoms with Crippen LogP contribution in [0.2, 0.25) is 10.0 Å². The highest BCUT2D eigenvalue weighted by Gasteiger charge is 2.22. The molecule has 1 heterocycles. The maximum Gasteiger partial charge on any atom is 0.291 e. The van der Waals surface area contributed by atoms with Crippen molar-refractivity contribution in [3.63, 3.8) is 0 Å². The van der Waals surface area contributed by atoms with Crippen LogP contribution in [0.4, 0.5) is 23.2 Å². The highest BCUT2D eigenvalue weighted by molar-refractivity contribution is 6.35. The van der Waals surface area contributed by atoms with Crippen LogP contribution in [0.1, 0.15) is 16.3 Å². The third-order valence-corrected chi connectivity index (χ3v) is 4.03. The Kier molecular flexibility index (Phi) is 5.81. The molecule has 4 nitrogen and oxygen atoms in total. The van der Waals surface area contributed by atoms with Crippen LogP contribution < -0.4 is 10.1 Å². The van der Waals surface area contributed by atoms with E-state index in [0.29, 0.717) is 10.8 Å². The first kappa shape index (κ1) is 20.0. The summed E-state index contributed by atoms with van der Waals surface area (Å²) >= 11 is 11.7. The number of hydrogen-bond acceptors (Lipinski definition) is 3. The Balaban J connectivity index is 1.71. The van der Waals surface area contributed by atoms with E-state index < -0.39 is 34.9 Å². The van der Waals surface area contributed by atoms with Gasteiger partial charge in [-0.3, -0.25) is 4.79 Å². The van der Waals surface area contributed by atoms with Crippen molar-refractivity contribution in [2.45, 2.75) is 6.61 Å². The number of halogens is 6. The van der Waals surface area contributed by atoms with E-state index >= 15 is 0 Å². The van der Waals surface area contributed by atoms with Gasteiger partial charge in [-0.1, -0.05) is 23.2 Å². The first-order valence-electron chi connectivity index (χ1n) is 7.57. The van der Waals surface area contributed by atoms with Gasteiger partial charge < -0.3 is 14.5 Å². The van der Waals surface area contributed by atoms with E-state index in [0.717, 1.165) is 0 Å². The predicted octanol–water partition coefficient (Wildman–Crippen LogP) is 5.97. The van der Waals surface area contributed by atoms with E-state index in [1.807, 2.05) is 0 Å². The van der Waals surface area contributed by atoms with Crippen molar-refractivity contribution in [1.29, 1.82) is 0 Å². The molecule has 0 bridgehead atoms. The fourth-order valence-corrected chi connectivity index (χ4v) is 2.64. The number of carbonyl (C=O) groups excluding carboxylic acids is 1. The number of carbonyl (C=O) groups is 1. The van der Waals surface area contributed by atoms with Gasteiger partial charge in [-0.05, 0) is 30.3 Å². The molecule has 0 spiro atoms. The van der Waals surface area contributed by atoms with Crippen LogP contribution in [0.5, 0.6) is 5.75 Å². The summed E-state index contributed by atoms with van der Waals surface area (Å²) in [7, 11) is 0. The second kappa shape index (κ2) is 8.12. The third-order valence-electron chi connectivity index (χ3n) is 3.50. The van der Waals surface area contributed by atoms with E-state index in [-0.39, 0.29) is 29.2 Å². The summed E-state index contributed by atoms with van der Waals surface area (Å²) in [6.07, 6.45) is 0. The maximum atomic E-state index is 13.6. The average Bonchev–Trinajstić information content (AvgIpc) is 3.12. The highest BCUT2D eigenvalue weighted by Crippen LogP contribution is 2.28. The standard InChI is InChI=1S/C18H9Cl2F4NO3/c19-8-1-3-13(10(20)5-8)27-7-9-2-4-14(28-9)18(26)25-17-15(23)11(21)6-12(22)16(17)24/h1-6H,7H2,(H,25,26). The van der Waals surface area contributed by atoms with Gasteiger partial charge in [0.05, 0.1) is 5.02 Å². The Hall–Kier alpha value is -2.71. The van der Waals surface area contributed by atoms with Crippen molar-refractivity contribution in [2.75, 3.05) is 5.32 Å².